The molecule has 2 N–H and O–H groups in total. The molecule has 0 radical (unpaired) electrons. The third-order valence-corrected chi connectivity index (χ3v) is 7.95. The lowest BCUT2D eigenvalue weighted by Gasteiger charge is -2.34. The Labute approximate surface area is 210 Å². The molecule has 0 aliphatic carbocycles. The number of Topliss-reactive ketones (excluding diaryl/α,β-unsaturated/α-hetero) is 2. The highest BCUT2D eigenvalue weighted by atomic mass is 16.2. The molecule has 3 aliphatic heterocycles. The Bertz CT molecular complexity index is 1440. The summed E-state index contributed by atoms with van der Waals surface area (Å²) in [5.74, 6) is -1.50. The Kier molecular flexibility index (Phi) is 4.89. The first-order valence-electron chi connectivity index (χ1n) is 12.3. The van der Waals surface area contributed by atoms with E-state index >= 15 is 0 Å². The van der Waals surface area contributed by atoms with Crippen molar-refractivity contribution < 1.29 is 19.3 Å². The highest BCUT2D eigenvalue weighted by Crippen LogP contribution is 2.56. The summed E-state index contributed by atoms with van der Waals surface area (Å²) in [5, 5.41) is 3.07. The second-order valence-electron chi connectivity index (χ2n) is 10.9. The Hall–Kier alpha value is -3.90. The molecule has 1 saturated heterocycles. The smallest absolute Gasteiger partial charge is 0.242 e. The first-order valence-corrected chi connectivity index (χ1v) is 12.3. The third-order valence-electron chi connectivity index (χ3n) is 7.95. The Morgan fingerprint density at radius 2 is 1.69 bits per heavy atom. The summed E-state index contributed by atoms with van der Waals surface area (Å²) < 4.78 is 0. The van der Waals surface area contributed by atoms with Gasteiger partial charge in [-0.25, -0.2) is 0 Å². The van der Waals surface area contributed by atoms with Crippen LogP contribution in [0.5, 0.6) is 0 Å². The van der Waals surface area contributed by atoms with Gasteiger partial charge in [0.1, 0.15) is 23.1 Å². The molecule has 4 heterocycles. The molecule has 180 valence electrons. The van der Waals surface area contributed by atoms with E-state index in [-0.39, 0.29) is 23.2 Å². The van der Waals surface area contributed by atoms with Crippen LogP contribution >= 0.6 is 0 Å². The minimum Gasteiger partial charge on any atom is -0.325 e. The van der Waals surface area contributed by atoms with E-state index < -0.39 is 28.8 Å². The zero-order valence-corrected chi connectivity index (χ0v) is 20.5. The summed E-state index contributed by atoms with van der Waals surface area (Å²) in [4.78, 5) is 48.0. The number of anilines is 1. The first-order chi connectivity index (χ1) is 17.3. The van der Waals surface area contributed by atoms with E-state index in [9.17, 15) is 14.4 Å². The Balaban J connectivity index is 1.70. The number of nitrogens with zero attached hydrogens (tertiary/aromatic N) is 1. The monoisotopic (exact) mass is 478 g/mol. The molecule has 1 spiro atoms. The van der Waals surface area contributed by atoms with Gasteiger partial charge in [0.05, 0.1) is 6.20 Å². The maximum absolute atomic E-state index is 14.4. The van der Waals surface area contributed by atoms with Crippen LogP contribution in [0.3, 0.4) is 0 Å². The molecule has 1 fully saturated rings. The zero-order chi connectivity index (χ0) is 25.2. The molecule has 3 aliphatic rings. The van der Waals surface area contributed by atoms with E-state index in [1.807, 2.05) is 81.6 Å². The maximum Gasteiger partial charge on any atom is 0.242 e. The van der Waals surface area contributed by atoms with Crippen molar-refractivity contribution in [2.75, 3.05) is 5.32 Å². The van der Waals surface area contributed by atoms with Crippen LogP contribution < -0.4 is 10.2 Å². The summed E-state index contributed by atoms with van der Waals surface area (Å²) in [6.45, 7) is 5.63. The minimum absolute atomic E-state index is 0.0464. The van der Waals surface area contributed by atoms with Gasteiger partial charge in [-0.1, -0.05) is 69.3 Å². The predicted molar refractivity (Wildman–Crippen MR) is 136 cm³/mol. The van der Waals surface area contributed by atoms with Gasteiger partial charge in [0.2, 0.25) is 5.91 Å². The number of benzene rings is 2. The van der Waals surface area contributed by atoms with Gasteiger partial charge in [0.15, 0.2) is 17.6 Å². The third kappa shape index (κ3) is 2.94. The van der Waals surface area contributed by atoms with Crippen LogP contribution in [0, 0.1) is 11.3 Å². The van der Waals surface area contributed by atoms with Gasteiger partial charge in [-0.15, -0.1) is 0 Å². The number of rotatable bonds is 3. The molecule has 0 bridgehead atoms. The SMILES string of the molecule is CC(C)(C)C(=O)[C@H]1[C@H](C(=O)c2ccccn2)[C@]2(C(=O)Nc3ccccc32)[C@H]2c3ccccc3C=C[NH+]12. The predicted octanol–water partition coefficient (Wildman–Crippen LogP) is 3.38. The molecule has 1 unspecified atom stereocenters. The minimum atomic E-state index is -1.27. The van der Waals surface area contributed by atoms with Gasteiger partial charge in [-0.3, -0.25) is 24.3 Å². The van der Waals surface area contributed by atoms with E-state index in [1.165, 1.54) is 0 Å². The van der Waals surface area contributed by atoms with Crippen molar-refractivity contribution in [1.82, 2.24) is 4.98 Å². The number of para-hydroxylation sites is 1. The highest BCUT2D eigenvalue weighted by molar-refractivity contribution is 6.14. The number of aromatic nitrogens is 1. The summed E-state index contributed by atoms with van der Waals surface area (Å²) in [6, 6.07) is 19.5. The number of hydrogen-bond donors (Lipinski definition) is 2. The van der Waals surface area contributed by atoms with Crippen LogP contribution in [0.4, 0.5) is 5.69 Å². The molecule has 1 aromatic heterocycles. The van der Waals surface area contributed by atoms with Crippen LogP contribution in [0.2, 0.25) is 0 Å². The molecule has 3 aromatic rings. The number of nitrogens with one attached hydrogen (secondary N) is 2. The number of fused-ring (bicyclic) bond motifs is 6. The second-order valence-corrected chi connectivity index (χ2v) is 10.9. The standard InChI is InChI=1S/C30H27N3O3/c1-29(2,3)27(35)24-23(25(34)22-14-8-9-16-31-22)30(20-12-6-7-13-21(20)32-28(30)36)26-19-11-5-4-10-18(19)15-17-33(24)26/h4-17,23-24,26H,1-3H3,(H,32,36)/p+1/t23-,24-,26-,30+/m1/s1. The zero-order valence-electron chi connectivity index (χ0n) is 20.5. The van der Waals surface area contributed by atoms with Crippen molar-refractivity contribution in [3.8, 4) is 0 Å². The topological polar surface area (TPSA) is 80.6 Å². The van der Waals surface area contributed by atoms with Gasteiger partial charge >= 0.3 is 0 Å². The lowest BCUT2D eigenvalue weighted by Crippen LogP contribution is -3.12. The van der Waals surface area contributed by atoms with Crippen molar-refractivity contribution in [3.63, 3.8) is 0 Å². The van der Waals surface area contributed by atoms with Crippen molar-refractivity contribution in [3.05, 3.63) is 102 Å². The van der Waals surface area contributed by atoms with Crippen molar-refractivity contribution >= 4 is 29.2 Å². The normalized spacial score (nSPS) is 27.8. The van der Waals surface area contributed by atoms with E-state index in [0.717, 1.165) is 21.6 Å². The number of carbonyl (C=O) groups is 3. The lowest BCUT2D eigenvalue weighted by atomic mass is 9.62. The number of amides is 1. The number of quaternary nitrogens is 1. The van der Waals surface area contributed by atoms with Crippen LogP contribution in [-0.4, -0.2) is 28.5 Å². The highest BCUT2D eigenvalue weighted by Gasteiger charge is 2.74. The summed E-state index contributed by atoms with van der Waals surface area (Å²) in [7, 11) is 0. The molecule has 6 heteroatoms. The Morgan fingerprint density at radius 3 is 2.44 bits per heavy atom. The molecule has 5 atom stereocenters. The number of hydrogen-bond acceptors (Lipinski definition) is 4. The summed E-state index contributed by atoms with van der Waals surface area (Å²) in [5.41, 5.74) is 1.70. The van der Waals surface area contributed by atoms with Crippen LogP contribution in [0.25, 0.3) is 6.08 Å². The second kappa shape index (κ2) is 7.80. The van der Waals surface area contributed by atoms with Gasteiger partial charge in [0, 0.05) is 22.9 Å². The van der Waals surface area contributed by atoms with Gasteiger partial charge < -0.3 is 5.32 Å². The van der Waals surface area contributed by atoms with Crippen LogP contribution in [0.15, 0.2) is 79.1 Å². The molecule has 6 rings (SSSR count). The molecule has 6 nitrogen and oxygen atoms in total. The number of carbonyl (C=O) groups excluding carboxylic acids is 3. The fourth-order valence-electron chi connectivity index (χ4n) is 6.51. The lowest BCUT2D eigenvalue weighted by molar-refractivity contribution is -0.885. The van der Waals surface area contributed by atoms with E-state index in [1.54, 1.807) is 24.4 Å². The van der Waals surface area contributed by atoms with E-state index in [0.29, 0.717) is 5.69 Å². The fraction of sp³-hybridized carbons (Fsp3) is 0.267. The van der Waals surface area contributed by atoms with Crippen molar-refractivity contribution in [2.45, 2.75) is 38.3 Å². The summed E-state index contributed by atoms with van der Waals surface area (Å²) in [6.07, 6.45) is 5.56. The molecule has 1 amide bonds. The van der Waals surface area contributed by atoms with Crippen LogP contribution in [-0.2, 0) is 15.0 Å². The Morgan fingerprint density at radius 1 is 0.972 bits per heavy atom. The maximum atomic E-state index is 14.4. The first kappa shape index (κ1) is 22.6. The van der Waals surface area contributed by atoms with Crippen molar-refractivity contribution in [1.29, 1.82) is 0 Å². The average molecular weight is 479 g/mol. The largest absolute Gasteiger partial charge is 0.325 e. The van der Waals surface area contributed by atoms with Crippen LogP contribution in [0.1, 0.15) is 54.0 Å². The molecule has 36 heavy (non-hydrogen) atoms. The number of ketones is 2. The number of pyridine rings is 1. The van der Waals surface area contributed by atoms with Gasteiger partial charge in [-0.05, 0) is 35.4 Å². The van der Waals surface area contributed by atoms with Gasteiger partial charge in [-0.2, -0.15) is 0 Å². The molecular weight excluding hydrogens is 450 g/mol. The molecular formula is C30H28N3O3+. The van der Waals surface area contributed by atoms with E-state index in [4.69, 9.17) is 0 Å². The van der Waals surface area contributed by atoms with E-state index in [2.05, 4.69) is 10.3 Å². The molecule has 0 saturated carbocycles. The van der Waals surface area contributed by atoms with Gasteiger partial charge in [0.25, 0.3) is 0 Å². The quantitative estimate of drug-likeness (QED) is 0.566. The van der Waals surface area contributed by atoms with Crippen molar-refractivity contribution in [2.24, 2.45) is 11.3 Å². The summed E-state index contributed by atoms with van der Waals surface area (Å²) >= 11 is 0. The molecule has 2 aromatic carbocycles. The fourth-order valence-corrected chi connectivity index (χ4v) is 6.51. The average Bonchev–Trinajstić information content (AvgIpc) is 3.35.